The van der Waals surface area contributed by atoms with Crippen LogP contribution in [0.2, 0.25) is 0 Å². The van der Waals surface area contributed by atoms with E-state index in [0.717, 1.165) is 13.1 Å². The number of likely N-dealkylation sites (N-methyl/N-ethyl adjacent to an activating group) is 1. The molecule has 1 aliphatic rings. The van der Waals surface area contributed by atoms with Crippen LogP contribution in [0, 0.1) is 0 Å². The summed E-state index contributed by atoms with van der Waals surface area (Å²) in [5, 5.41) is 2.63. The van der Waals surface area contributed by atoms with E-state index in [-0.39, 0.29) is 17.7 Å². The summed E-state index contributed by atoms with van der Waals surface area (Å²) in [6.07, 6.45) is 0.541. The van der Waals surface area contributed by atoms with Crippen molar-refractivity contribution in [2.45, 2.75) is 19.3 Å². The Labute approximate surface area is 132 Å². The third kappa shape index (κ3) is 4.56. The van der Waals surface area contributed by atoms with Crippen LogP contribution in [-0.4, -0.2) is 61.4 Å². The molecule has 1 heterocycles. The lowest BCUT2D eigenvalue weighted by Gasteiger charge is -2.34. The molecule has 5 heteroatoms. The SMILES string of the molecule is CNC(=O)CN1CCN(C(=O)CC(C)c2ccccc2)CC1. The van der Waals surface area contributed by atoms with Crippen LogP contribution >= 0.6 is 0 Å². The number of nitrogens with one attached hydrogen (secondary N) is 1. The van der Waals surface area contributed by atoms with Gasteiger partial charge in [0.2, 0.25) is 11.8 Å². The lowest BCUT2D eigenvalue weighted by atomic mass is 9.97. The number of nitrogens with zero attached hydrogens (tertiary/aromatic N) is 2. The summed E-state index contributed by atoms with van der Waals surface area (Å²) in [5.74, 6) is 0.464. The monoisotopic (exact) mass is 303 g/mol. The van der Waals surface area contributed by atoms with E-state index >= 15 is 0 Å². The predicted octanol–water partition coefficient (Wildman–Crippen LogP) is 1.07. The molecule has 1 atom stereocenters. The third-order valence-electron chi connectivity index (χ3n) is 4.22. The Bertz CT molecular complexity index is 496. The lowest BCUT2D eigenvalue weighted by molar-refractivity contribution is -0.133. The van der Waals surface area contributed by atoms with E-state index in [2.05, 4.69) is 29.3 Å². The van der Waals surface area contributed by atoms with Crippen molar-refractivity contribution in [2.75, 3.05) is 39.8 Å². The maximum absolute atomic E-state index is 12.4. The lowest BCUT2D eigenvalue weighted by Crippen LogP contribution is -2.51. The number of piperazine rings is 1. The maximum Gasteiger partial charge on any atom is 0.233 e. The molecule has 0 spiro atoms. The standard InChI is InChI=1S/C17H25N3O2/c1-14(15-6-4-3-5-7-15)12-17(22)20-10-8-19(9-11-20)13-16(21)18-2/h3-7,14H,8-13H2,1-2H3,(H,18,21). The second-order valence-electron chi connectivity index (χ2n) is 5.85. The first-order chi connectivity index (χ1) is 10.6. The van der Waals surface area contributed by atoms with Gasteiger partial charge in [0.1, 0.15) is 0 Å². The summed E-state index contributed by atoms with van der Waals surface area (Å²) in [6.45, 7) is 5.44. The Hall–Kier alpha value is -1.88. The summed E-state index contributed by atoms with van der Waals surface area (Å²) in [5.41, 5.74) is 1.20. The van der Waals surface area contributed by atoms with Gasteiger partial charge in [-0.2, -0.15) is 0 Å². The van der Waals surface area contributed by atoms with Gasteiger partial charge in [0.25, 0.3) is 0 Å². The Morgan fingerprint density at radius 3 is 2.36 bits per heavy atom. The number of hydrogen-bond donors (Lipinski definition) is 1. The van der Waals surface area contributed by atoms with Crippen molar-refractivity contribution < 1.29 is 9.59 Å². The molecule has 1 saturated heterocycles. The van der Waals surface area contributed by atoms with Gasteiger partial charge in [0.15, 0.2) is 0 Å². The number of carbonyl (C=O) groups is 2. The van der Waals surface area contributed by atoms with Crippen molar-refractivity contribution in [3.05, 3.63) is 35.9 Å². The molecule has 0 bridgehead atoms. The van der Waals surface area contributed by atoms with Crippen LogP contribution in [-0.2, 0) is 9.59 Å². The fourth-order valence-electron chi connectivity index (χ4n) is 2.73. The zero-order valence-electron chi connectivity index (χ0n) is 13.4. The van der Waals surface area contributed by atoms with Gasteiger partial charge in [-0.05, 0) is 11.5 Å². The highest BCUT2D eigenvalue weighted by Gasteiger charge is 2.23. The fourth-order valence-corrected chi connectivity index (χ4v) is 2.73. The van der Waals surface area contributed by atoms with Crippen molar-refractivity contribution in [3.63, 3.8) is 0 Å². The van der Waals surface area contributed by atoms with E-state index < -0.39 is 0 Å². The summed E-state index contributed by atoms with van der Waals surface area (Å²) in [6, 6.07) is 10.1. The third-order valence-corrected chi connectivity index (χ3v) is 4.22. The minimum Gasteiger partial charge on any atom is -0.358 e. The summed E-state index contributed by atoms with van der Waals surface area (Å²) < 4.78 is 0. The average Bonchev–Trinajstić information content (AvgIpc) is 2.56. The molecule has 0 aromatic heterocycles. The van der Waals surface area contributed by atoms with E-state index in [9.17, 15) is 9.59 Å². The molecule has 2 amide bonds. The number of benzene rings is 1. The first kappa shape index (κ1) is 16.5. The summed E-state index contributed by atoms with van der Waals surface area (Å²) >= 11 is 0. The molecule has 22 heavy (non-hydrogen) atoms. The Morgan fingerprint density at radius 1 is 1.14 bits per heavy atom. The molecular formula is C17H25N3O2. The molecule has 1 aromatic carbocycles. The van der Waals surface area contributed by atoms with Crippen LogP contribution in [0.4, 0.5) is 0 Å². The normalized spacial score (nSPS) is 17.1. The maximum atomic E-state index is 12.4. The van der Waals surface area contributed by atoms with E-state index in [0.29, 0.717) is 26.1 Å². The Balaban J connectivity index is 1.79. The van der Waals surface area contributed by atoms with Gasteiger partial charge in [0.05, 0.1) is 6.54 Å². The second-order valence-corrected chi connectivity index (χ2v) is 5.85. The van der Waals surface area contributed by atoms with Gasteiger partial charge in [-0.15, -0.1) is 0 Å². The molecule has 0 radical (unpaired) electrons. The molecular weight excluding hydrogens is 278 g/mol. The molecule has 1 aliphatic heterocycles. The van der Waals surface area contributed by atoms with Gasteiger partial charge < -0.3 is 10.2 Å². The topological polar surface area (TPSA) is 52.7 Å². The van der Waals surface area contributed by atoms with Gasteiger partial charge >= 0.3 is 0 Å². The van der Waals surface area contributed by atoms with E-state index in [1.807, 2.05) is 23.1 Å². The van der Waals surface area contributed by atoms with Crippen LogP contribution in [0.25, 0.3) is 0 Å². The molecule has 1 N–H and O–H groups in total. The van der Waals surface area contributed by atoms with E-state index in [1.54, 1.807) is 7.05 Å². The molecule has 1 aromatic rings. The molecule has 5 nitrogen and oxygen atoms in total. The highest BCUT2D eigenvalue weighted by Crippen LogP contribution is 2.20. The van der Waals surface area contributed by atoms with Crippen molar-refractivity contribution in [1.82, 2.24) is 15.1 Å². The average molecular weight is 303 g/mol. The van der Waals surface area contributed by atoms with E-state index in [1.165, 1.54) is 5.56 Å². The smallest absolute Gasteiger partial charge is 0.233 e. The molecule has 0 saturated carbocycles. The van der Waals surface area contributed by atoms with Crippen LogP contribution in [0.3, 0.4) is 0 Å². The zero-order chi connectivity index (χ0) is 15.9. The summed E-state index contributed by atoms with van der Waals surface area (Å²) in [7, 11) is 1.65. The first-order valence-corrected chi connectivity index (χ1v) is 7.86. The largest absolute Gasteiger partial charge is 0.358 e. The van der Waals surface area contributed by atoms with Crippen LogP contribution < -0.4 is 5.32 Å². The van der Waals surface area contributed by atoms with Gasteiger partial charge in [-0.1, -0.05) is 37.3 Å². The number of hydrogen-bond acceptors (Lipinski definition) is 3. The Kier molecular flexibility index (Phi) is 5.95. The van der Waals surface area contributed by atoms with Crippen molar-refractivity contribution >= 4 is 11.8 Å². The van der Waals surface area contributed by atoms with Gasteiger partial charge in [-0.3, -0.25) is 14.5 Å². The van der Waals surface area contributed by atoms with Crippen molar-refractivity contribution in [1.29, 1.82) is 0 Å². The highest BCUT2D eigenvalue weighted by atomic mass is 16.2. The molecule has 2 rings (SSSR count). The van der Waals surface area contributed by atoms with Crippen molar-refractivity contribution in [2.24, 2.45) is 0 Å². The molecule has 1 fully saturated rings. The predicted molar refractivity (Wildman–Crippen MR) is 86.6 cm³/mol. The highest BCUT2D eigenvalue weighted by molar-refractivity contribution is 5.78. The minimum absolute atomic E-state index is 0.0254. The van der Waals surface area contributed by atoms with Gasteiger partial charge in [0, 0.05) is 39.6 Å². The number of amides is 2. The first-order valence-electron chi connectivity index (χ1n) is 7.86. The summed E-state index contributed by atoms with van der Waals surface area (Å²) in [4.78, 5) is 27.8. The molecule has 1 unspecified atom stereocenters. The Morgan fingerprint density at radius 2 is 1.77 bits per heavy atom. The number of rotatable bonds is 5. The fraction of sp³-hybridized carbons (Fsp3) is 0.529. The zero-order valence-corrected chi connectivity index (χ0v) is 13.4. The minimum atomic E-state index is 0.0254. The van der Waals surface area contributed by atoms with Crippen molar-refractivity contribution in [3.8, 4) is 0 Å². The molecule has 0 aliphatic carbocycles. The van der Waals surface area contributed by atoms with Gasteiger partial charge in [-0.25, -0.2) is 0 Å². The van der Waals surface area contributed by atoms with E-state index in [4.69, 9.17) is 0 Å². The number of carbonyl (C=O) groups excluding carboxylic acids is 2. The molecule has 120 valence electrons. The van der Waals surface area contributed by atoms with Crippen LogP contribution in [0.5, 0.6) is 0 Å². The van der Waals surface area contributed by atoms with Crippen LogP contribution in [0.1, 0.15) is 24.8 Å². The quantitative estimate of drug-likeness (QED) is 0.885. The van der Waals surface area contributed by atoms with Crippen LogP contribution in [0.15, 0.2) is 30.3 Å². The second kappa shape index (κ2) is 7.94.